The summed E-state index contributed by atoms with van der Waals surface area (Å²) in [4.78, 5) is 27.7. The predicted octanol–water partition coefficient (Wildman–Crippen LogP) is 9.14. The number of hydrogen-bond donors (Lipinski definition) is 2. The zero-order chi connectivity index (χ0) is 31.9. The van der Waals surface area contributed by atoms with Gasteiger partial charge in [0.1, 0.15) is 11.5 Å². The molecule has 0 bridgehead atoms. The fourth-order valence-electron chi connectivity index (χ4n) is 5.13. The van der Waals surface area contributed by atoms with E-state index in [9.17, 15) is 9.59 Å². The minimum absolute atomic E-state index is 0.121. The van der Waals surface area contributed by atoms with Crippen molar-refractivity contribution in [1.29, 1.82) is 0 Å². The second-order valence-corrected chi connectivity index (χ2v) is 12.6. The summed E-state index contributed by atoms with van der Waals surface area (Å²) >= 11 is 2.98. The number of fused-ring (bicyclic) bond motifs is 2. The number of nitrogens with one attached hydrogen (secondary N) is 2. The highest BCUT2D eigenvalue weighted by atomic mass is 32.2. The average molecular weight is 645 g/mol. The van der Waals surface area contributed by atoms with Crippen LogP contribution in [0, 0.1) is 0 Å². The molecule has 0 spiro atoms. The third-order valence-corrected chi connectivity index (χ3v) is 9.45. The van der Waals surface area contributed by atoms with Crippen molar-refractivity contribution in [3.8, 4) is 22.6 Å². The van der Waals surface area contributed by atoms with Gasteiger partial charge in [-0.25, -0.2) is 0 Å². The van der Waals surface area contributed by atoms with Gasteiger partial charge in [0.15, 0.2) is 0 Å². The van der Waals surface area contributed by atoms with E-state index < -0.39 is 0 Å². The van der Waals surface area contributed by atoms with E-state index in [1.807, 2.05) is 72.8 Å². The average Bonchev–Trinajstić information content (AvgIpc) is 3.10. The van der Waals surface area contributed by atoms with Gasteiger partial charge in [-0.2, -0.15) is 0 Å². The first-order valence-corrected chi connectivity index (χ1v) is 16.7. The molecule has 0 aliphatic rings. The molecular formula is C38H32N2O4S2. The van der Waals surface area contributed by atoms with Gasteiger partial charge in [-0.1, -0.05) is 72.8 Å². The molecule has 6 aromatic rings. The first kappa shape index (κ1) is 31.1. The number of amides is 2. The Hall–Kier alpha value is -4.92. The Labute approximate surface area is 276 Å². The summed E-state index contributed by atoms with van der Waals surface area (Å²) in [6.45, 7) is 0. The van der Waals surface area contributed by atoms with Gasteiger partial charge < -0.3 is 20.1 Å². The molecule has 0 radical (unpaired) electrons. The topological polar surface area (TPSA) is 76.7 Å². The number of thioether (sulfide) groups is 2. The molecule has 0 atom stereocenters. The normalized spacial score (nSPS) is 10.9. The highest BCUT2D eigenvalue weighted by molar-refractivity contribution is 8.00. The molecule has 0 aliphatic heterocycles. The minimum atomic E-state index is -0.121. The van der Waals surface area contributed by atoms with Crippen molar-refractivity contribution in [2.45, 2.75) is 9.79 Å². The molecular weight excluding hydrogens is 613 g/mol. The second-order valence-electron chi connectivity index (χ2n) is 10.5. The smallest absolute Gasteiger partial charge is 0.234 e. The zero-order valence-corrected chi connectivity index (χ0v) is 27.0. The SMILES string of the molecule is COc1cc(-c2ccc(NC(=O)CSc3ccc4ccccc4c3)c(OC)c2)ccc1NC(=O)CSc1ccc2ccccc2c1. The Morgan fingerprint density at radius 2 is 0.935 bits per heavy atom. The highest BCUT2D eigenvalue weighted by Gasteiger charge is 2.14. The first-order chi connectivity index (χ1) is 22.5. The number of carbonyl (C=O) groups excluding carboxylic acids is 2. The van der Waals surface area contributed by atoms with Crippen LogP contribution in [-0.2, 0) is 9.59 Å². The van der Waals surface area contributed by atoms with Gasteiger partial charge in [-0.15, -0.1) is 23.5 Å². The van der Waals surface area contributed by atoms with E-state index >= 15 is 0 Å². The number of ether oxygens (including phenoxy) is 2. The molecule has 0 aliphatic carbocycles. The monoisotopic (exact) mass is 644 g/mol. The fourth-order valence-corrected chi connectivity index (χ4v) is 6.62. The van der Waals surface area contributed by atoms with Crippen LogP contribution in [0.1, 0.15) is 0 Å². The molecule has 0 aromatic heterocycles. The van der Waals surface area contributed by atoms with Crippen molar-refractivity contribution in [1.82, 2.24) is 0 Å². The van der Waals surface area contributed by atoms with Gasteiger partial charge in [0.2, 0.25) is 11.8 Å². The number of benzene rings is 6. The van der Waals surface area contributed by atoms with Gasteiger partial charge >= 0.3 is 0 Å². The van der Waals surface area contributed by atoms with Crippen LogP contribution < -0.4 is 20.1 Å². The summed E-state index contributed by atoms with van der Waals surface area (Å²) in [5, 5.41) is 10.6. The summed E-state index contributed by atoms with van der Waals surface area (Å²) in [5.74, 6) is 1.39. The summed E-state index contributed by atoms with van der Waals surface area (Å²) in [5.41, 5.74) is 2.94. The molecule has 6 aromatic carbocycles. The van der Waals surface area contributed by atoms with E-state index in [1.165, 1.54) is 34.3 Å². The molecule has 8 heteroatoms. The van der Waals surface area contributed by atoms with Crippen LogP contribution in [-0.4, -0.2) is 37.5 Å². The van der Waals surface area contributed by atoms with Crippen molar-refractivity contribution in [2.75, 3.05) is 36.4 Å². The molecule has 0 saturated heterocycles. The molecule has 6 nitrogen and oxygen atoms in total. The lowest BCUT2D eigenvalue weighted by Gasteiger charge is -2.14. The quantitative estimate of drug-likeness (QED) is 0.137. The van der Waals surface area contributed by atoms with Crippen LogP contribution >= 0.6 is 23.5 Å². The Morgan fingerprint density at radius 1 is 0.522 bits per heavy atom. The molecule has 46 heavy (non-hydrogen) atoms. The van der Waals surface area contributed by atoms with Gasteiger partial charge in [0, 0.05) is 9.79 Å². The Bertz CT molecular complexity index is 1900. The van der Waals surface area contributed by atoms with Crippen molar-refractivity contribution < 1.29 is 19.1 Å². The molecule has 2 N–H and O–H groups in total. The minimum Gasteiger partial charge on any atom is -0.495 e. The van der Waals surface area contributed by atoms with Gasteiger partial charge in [-0.3, -0.25) is 9.59 Å². The van der Waals surface area contributed by atoms with E-state index in [4.69, 9.17) is 9.47 Å². The predicted molar refractivity (Wildman–Crippen MR) is 192 cm³/mol. The van der Waals surface area contributed by atoms with Gasteiger partial charge in [-0.05, 0) is 81.2 Å². The lowest BCUT2D eigenvalue weighted by atomic mass is 10.0. The largest absolute Gasteiger partial charge is 0.495 e. The number of rotatable bonds is 11. The fraction of sp³-hybridized carbons (Fsp3) is 0.105. The molecule has 6 rings (SSSR count). The van der Waals surface area contributed by atoms with Crippen molar-refractivity contribution in [3.63, 3.8) is 0 Å². The lowest BCUT2D eigenvalue weighted by molar-refractivity contribution is -0.114. The number of hydrogen-bond acceptors (Lipinski definition) is 6. The molecule has 2 amide bonds. The Balaban J connectivity index is 1.08. The molecule has 0 saturated carbocycles. The Kier molecular flexibility index (Phi) is 9.76. The second kappa shape index (κ2) is 14.5. The van der Waals surface area contributed by atoms with Crippen LogP contribution in [0.3, 0.4) is 0 Å². The molecule has 0 unspecified atom stereocenters. The third-order valence-electron chi connectivity index (χ3n) is 7.47. The van der Waals surface area contributed by atoms with Crippen molar-refractivity contribution in [3.05, 3.63) is 121 Å². The molecule has 0 heterocycles. The lowest BCUT2D eigenvalue weighted by Crippen LogP contribution is -2.15. The van der Waals surface area contributed by atoms with Gasteiger partial charge in [0.25, 0.3) is 0 Å². The highest BCUT2D eigenvalue weighted by Crippen LogP contribution is 2.35. The maximum absolute atomic E-state index is 12.8. The summed E-state index contributed by atoms with van der Waals surface area (Å²) in [6, 6.07) is 40.0. The van der Waals surface area contributed by atoms with Crippen molar-refractivity contribution in [2.24, 2.45) is 0 Å². The van der Waals surface area contributed by atoms with Gasteiger partial charge in [0.05, 0.1) is 37.1 Å². The number of anilines is 2. The van der Waals surface area contributed by atoms with E-state index in [-0.39, 0.29) is 23.3 Å². The molecule has 230 valence electrons. The van der Waals surface area contributed by atoms with E-state index in [0.717, 1.165) is 31.7 Å². The first-order valence-electron chi connectivity index (χ1n) is 14.7. The summed E-state index contributed by atoms with van der Waals surface area (Å²) in [6.07, 6.45) is 0. The maximum Gasteiger partial charge on any atom is 0.234 e. The van der Waals surface area contributed by atoms with Crippen LogP contribution in [0.5, 0.6) is 11.5 Å². The van der Waals surface area contributed by atoms with Crippen molar-refractivity contribution >= 4 is 68.3 Å². The number of methoxy groups -OCH3 is 2. The van der Waals surface area contributed by atoms with Crippen LogP contribution in [0.15, 0.2) is 131 Å². The van der Waals surface area contributed by atoms with Crippen LogP contribution in [0.25, 0.3) is 32.7 Å². The Morgan fingerprint density at radius 3 is 1.35 bits per heavy atom. The van der Waals surface area contributed by atoms with Crippen LogP contribution in [0.2, 0.25) is 0 Å². The van der Waals surface area contributed by atoms with E-state index in [0.29, 0.717) is 22.9 Å². The van der Waals surface area contributed by atoms with E-state index in [1.54, 1.807) is 14.2 Å². The van der Waals surface area contributed by atoms with Crippen LogP contribution in [0.4, 0.5) is 11.4 Å². The number of carbonyl (C=O) groups is 2. The standard InChI is InChI=1S/C38H32N2O4S2/c1-43-35-21-29(13-17-33(35)39-37(41)23-45-31-15-11-25-7-3-5-9-27(25)19-31)30-14-18-34(36(22-30)44-2)40-38(42)24-46-32-16-12-26-8-4-6-10-28(26)20-32/h3-22H,23-24H2,1-2H3,(H,39,41)(H,40,42). The molecule has 0 fully saturated rings. The van der Waals surface area contributed by atoms with E-state index in [2.05, 4.69) is 59.2 Å². The summed E-state index contributed by atoms with van der Waals surface area (Å²) in [7, 11) is 3.15. The third kappa shape index (κ3) is 7.47. The maximum atomic E-state index is 12.8. The zero-order valence-electron chi connectivity index (χ0n) is 25.4. The summed E-state index contributed by atoms with van der Waals surface area (Å²) < 4.78 is 11.3.